The zero-order valence-corrected chi connectivity index (χ0v) is 42.6. The van der Waals surface area contributed by atoms with Gasteiger partial charge in [-0.05, 0) is 147 Å². The van der Waals surface area contributed by atoms with Crippen molar-refractivity contribution in [3.63, 3.8) is 0 Å². The SMILES string of the molecule is c1ccc(-c2c3ccccc3c(-c3ccc(-n4c5ccccc5c5c(-c6ccc(-c7c8ccccc8c(-c8cccc(-n9c%10ccccc%10c%10ccccc%109)c8)c8ccccc78)cc6)cccc54)cc3)c3ccccc23)cc1. The van der Waals surface area contributed by atoms with Crippen molar-refractivity contribution in [3.8, 4) is 67.0 Å². The summed E-state index contributed by atoms with van der Waals surface area (Å²) in [5.41, 5.74) is 19.3. The minimum absolute atomic E-state index is 1.13. The first-order valence-electron chi connectivity index (χ1n) is 27.0. The number of para-hydroxylation sites is 3. The molecule has 0 radical (unpaired) electrons. The van der Waals surface area contributed by atoms with E-state index in [9.17, 15) is 0 Å². The topological polar surface area (TPSA) is 9.86 Å². The third-order valence-corrected chi connectivity index (χ3v) is 16.5. The Kier molecular flexibility index (Phi) is 9.98. The van der Waals surface area contributed by atoms with Crippen LogP contribution in [0.5, 0.6) is 0 Å². The molecule has 78 heavy (non-hydrogen) atoms. The third-order valence-electron chi connectivity index (χ3n) is 16.5. The Morgan fingerprint density at radius 1 is 0.179 bits per heavy atom. The molecular formula is C76H48N2. The summed E-state index contributed by atoms with van der Waals surface area (Å²) >= 11 is 0. The van der Waals surface area contributed by atoms with Crippen LogP contribution in [0.4, 0.5) is 0 Å². The van der Waals surface area contributed by atoms with Crippen LogP contribution in [0.2, 0.25) is 0 Å². The van der Waals surface area contributed by atoms with E-state index in [0.29, 0.717) is 0 Å². The first-order valence-corrected chi connectivity index (χ1v) is 27.0. The molecule has 0 unspecified atom stereocenters. The Morgan fingerprint density at radius 3 is 0.987 bits per heavy atom. The molecule has 0 bridgehead atoms. The van der Waals surface area contributed by atoms with Gasteiger partial charge in [-0.25, -0.2) is 0 Å². The molecule has 0 spiro atoms. The molecule has 0 saturated carbocycles. The molecule has 0 saturated heterocycles. The summed E-state index contributed by atoms with van der Waals surface area (Å²) in [6, 6.07) is 107. The number of hydrogen-bond donors (Lipinski definition) is 0. The molecule has 0 aliphatic rings. The first-order chi connectivity index (χ1) is 38.7. The summed E-state index contributed by atoms with van der Waals surface area (Å²) in [5.74, 6) is 0. The van der Waals surface area contributed by atoms with Crippen LogP contribution < -0.4 is 0 Å². The van der Waals surface area contributed by atoms with Crippen LogP contribution >= 0.6 is 0 Å². The van der Waals surface area contributed by atoms with Crippen LogP contribution in [-0.2, 0) is 0 Å². The van der Waals surface area contributed by atoms with Crippen molar-refractivity contribution in [2.45, 2.75) is 0 Å². The molecule has 0 aliphatic carbocycles. The van der Waals surface area contributed by atoms with E-state index in [2.05, 4.69) is 300 Å². The number of rotatable bonds is 7. The van der Waals surface area contributed by atoms with Gasteiger partial charge in [-0.2, -0.15) is 0 Å². The van der Waals surface area contributed by atoms with Crippen LogP contribution in [0.15, 0.2) is 291 Å². The van der Waals surface area contributed by atoms with E-state index in [-0.39, 0.29) is 0 Å². The molecule has 0 atom stereocenters. The zero-order chi connectivity index (χ0) is 51.3. The molecular weight excluding hydrogens is 941 g/mol. The summed E-state index contributed by atoms with van der Waals surface area (Å²) in [4.78, 5) is 0. The fourth-order valence-electron chi connectivity index (χ4n) is 13.2. The van der Waals surface area contributed by atoms with Gasteiger partial charge in [0.2, 0.25) is 0 Å². The lowest BCUT2D eigenvalue weighted by molar-refractivity contribution is 1.18. The van der Waals surface area contributed by atoms with E-state index < -0.39 is 0 Å². The highest BCUT2D eigenvalue weighted by Gasteiger charge is 2.22. The fraction of sp³-hybridized carbons (Fsp3) is 0. The van der Waals surface area contributed by atoms with Crippen LogP contribution in [-0.4, -0.2) is 9.13 Å². The van der Waals surface area contributed by atoms with Crippen molar-refractivity contribution in [2.24, 2.45) is 0 Å². The van der Waals surface area contributed by atoms with Gasteiger partial charge in [0.05, 0.1) is 22.1 Å². The summed E-state index contributed by atoms with van der Waals surface area (Å²) in [5, 5.41) is 15.0. The van der Waals surface area contributed by atoms with Gasteiger partial charge in [0.25, 0.3) is 0 Å². The number of aromatic nitrogens is 2. The minimum atomic E-state index is 1.13. The van der Waals surface area contributed by atoms with Crippen LogP contribution in [0.1, 0.15) is 0 Å². The Hall–Kier alpha value is -10.3. The van der Waals surface area contributed by atoms with Crippen LogP contribution in [0.3, 0.4) is 0 Å². The van der Waals surface area contributed by atoms with E-state index in [0.717, 1.165) is 11.4 Å². The highest BCUT2D eigenvalue weighted by atomic mass is 15.0. The number of fused-ring (bicyclic) bond motifs is 10. The molecule has 2 nitrogen and oxygen atoms in total. The Labute approximate surface area is 451 Å². The van der Waals surface area contributed by atoms with Gasteiger partial charge in [-0.1, -0.05) is 243 Å². The lowest BCUT2D eigenvalue weighted by Gasteiger charge is -2.19. The highest BCUT2D eigenvalue weighted by molar-refractivity contribution is 6.23. The van der Waals surface area contributed by atoms with Gasteiger partial charge in [0.15, 0.2) is 0 Å². The predicted octanol–water partition coefficient (Wildman–Crippen LogP) is 20.8. The monoisotopic (exact) mass is 988 g/mol. The Balaban J connectivity index is 0.801. The largest absolute Gasteiger partial charge is 0.309 e. The molecule has 16 rings (SSSR count). The maximum absolute atomic E-state index is 2.44. The molecule has 0 fully saturated rings. The van der Waals surface area contributed by atoms with Gasteiger partial charge < -0.3 is 9.13 Å². The fourth-order valence-corrected chi connectivity index (χ4v) is 13.2. The number of benzene rings is 14. The summed E-state index contributed by atoms with van der Waals surface area (Å²) in [6.07, 6.45) is 0. The van der Waals surface area contributed by atoms with Gasteiger partial charge in [-0.15, -0.1) is 0 Å². The predicted molar refractivity (Wildman–Crippen MR) is 332 cm³/mol. The lowest BCUT2D eigenvalue weighted by atomic mass is 9.85. The maximum atomic E-state index is 2.44. The van der Waals surface area contributed by atoms with Crippen LogP contribution in [0.25, 0.3) is 154 Å². The van der Waals surface area contributed by atoms with Crippen molar-refractivity contribution < 1.29 is 0 Å². The zero-order valence-electron chi connectivity index (χ0n) is 42.6. The molecule has 2 aromatic heterocycles. The number of hydrogen-bond acceptors (Lipinski definition) is 0. The molecule has 16 aromatic rings. The normalized spacial score (nSPS) is 11.8. The molecule has 2 heteroatoms. The average molecular weight is 989 g/mol. The second-order valence-corrected chi connectivity index (χ2v) is 20.6. The number of nitrogens with zero attached hydrogens (tertiary/aromatic N) is 2. The quantitative estimate of drug-likeness (QED) is 0.141. The summed E-state index contributed by atoms with van der Waals surface area (Å²) < 4.78 is 4.86. The van der Waals surface area contributed by atoms with Gasteiger partial charge in [0, 0.05) is 32.9 Å². The van der Waals surface area contributed by atoms with Gasteiger partial charge >= 0.3 is 0 Å². The second kappa shape index (κ2) is 17.7. The molecule has 0 N–H and O–H groups in total. The standard InChI is InChI=1S/C76H48N2/c1-2-20-50(21-3-1)72-59-26-4-6-28-61(59)74(62-29-7-5-27-60(62)72)52-44-46-54(47-45-52)77-70-38-17-14-34-67(70)76-56(35-19-39-71(76)77)49-40-42-51(43-41-49)73-63-30-8-10-32-65(63)75(66-33-11-9-31-64(66)73)53-22-18-23-55(48-53)78-68-36-15-12-24-57(68)58-25-13-16-37-69(58)78/h1-48H. The van der Waals surface area contributed by atoms with E-state index >= 15 is 0 Å². The van der Waals surface area contributed by atoms with Crippen molar-refractivity contribution >= 4 is 86.7 Å². The molecule has 2 heterocycles. The van der Waals surface area contributed by atoms with Crippen LogP contribution in [0, 0.1) is 0 Å². The van der Waals surface area contributed by atoms with Gasteiger partial charge in [0.1, 0.15) is 0 Å². The van der Waals surface area contributed by atoms with Crippen molar-refractivity contribution in [3.05, 3.63) is 291 Å². The second-order valence-electron chi connectivity index (χ2n) is 20.6. The van der Waals surface area contributed by atoms with E-state index in [4.69, 9.17) is 0 Å². The maximum Gasteiger partial charge on any atom is 0.0547 e. The highest BCUT2D eigenvalue weighted by Crippen LogP contribution is 2.47. The van der Waals surface area contributed by atoms with E-state index in [1.54, 1.807) is 0 Å². The summed E-state index contributed by atoms with van der Waals surface area (Å²) in [7, 11) is 0. The Morgan fingerprint density at radius 2 is 0.500 bits per heavy atom. The van der Waals surface area contributed by atoms with E-state index in [1.165, 1.54) is 142 Å². The molecule has 0 amide bonds. The average Bonchev–Trinajstić information content (AvgIpc) is 4.11. The van der Waals surface area contributed by atoms with Crippen molar-refractivity contribution in [1.82, 2.24) is 9.13 Å². The molecule has 362 valence electrons. The third kappa shape index (κ3) is 6.70. The van der Waals surface area contributed by atoms with Crippen molar-refractivity contribution in [2.75, 3.05) is 0 Å². The van der Waals surface area contributed by atoms with Crippen molar-refractivity contribution in [1.29, 1.82) is 0 Å². The molecule has 0 aliphatic heterocycles. The first kappa shape index (κ1) is 44.1. The Bertz CT molecular complexity index is 4890. The smallest absolute Gasteiger partial charge is 0.0547 e. The summed E-state index contributed by atoms with van der Waals surface area (Å²) in [6.45, 7) is 0. The minimum Gasteiger partial charge on any atom is -0.309 e. The molecule has 14 aromatic carbocycles. The lowest BCUT2D eigenvalue weighted by Crippen LogP contribution is -1.95. The van der Waals surface area contributed by atoms with E-state index in [1.807, 2.05) is 0 Å². The van der Waals surface area contributed by atoms with Gasteiger partial charge in [-0.3, -0.25) is 0 Å².